The van der Waals surface area contributed by atoms with Crippen LogP contribution in [0, 0.1) is 69.8 Å². The lowest BCUT2D eigenvalue weighted by Gasteiger charge is -2.22. The molecule has 6 aromatic rings. The molecule has 2 aromatic carbocycles. The van der Waals surface area contributed by atoms with E-state index in [1.165, 1.54) is 18.6 Å². The molecule has 0 saturated heterocycles. The lowest BCUT2D eigenvalue weighted by molar-refractivity contribution is 0.0971. The number of para-hydroxylation sites is 2. The number of phenols is 1. The number of hydrogen-bond acceptors (Lipinski definition) is 14. The monoisotopic (exact) mass is 795 g/mol. The van der Waals surface area contributed by atoms with Gasteiger partial charge in [-0.2, -0.15) is 26.0 Å². The number of benzene rings is 2. The summed E-state index contributed by atoms with van der Waals surface area (Å²) in [6.07, 6.45) is 5.53. The van der Waals surface area contributed by atoms with Gasteiger partial charge in [-0.1, -0.05) is 30.3 Å². The minimum Gasteiger partial charge on any atom is -0.507 e. The zero-order valence-electron chi connectivity index (χ0n) is 31.3. The number of allylic oxidation sites excluding steroid dienone is 2. The molecule has 3 N–H and O–H groups in total. The van der Waals surface area contributed by atoms with Gasteiger partial charge in [-0.25, -0.2) is 16.7 Å². The number of ether oxygens (including phenoxy) is 1. The van der Waals surface area contributed by atoms with Gasteiger partial charge in [0, 0.05) is 23.1 Å². The molecule has 0 amide bonds. The Labute approximate surface area is 343 Å². The first-order valence-electron chi connectivity index (χ1n) is 17.0. The molecule has 5 heterocycles. The van der Waals surface area contributed by atoms with Crippen LogP contribution in [0.1, 0.15) is 56.2 Å². The van der Waals surface area contributed by atoms with Crippen LogP contribution in [0.25, 0.3) is 26.6 Å². The van der Waals surface area contributed by atoms with E-state index in [2.05, 4.69) is 20.7 Å². The lowest BCUT2D eigenvalue weighted by atomic mass is 9.94. The molecule has 1 aliphatic heterocycles. The van der Waals surface area contributed by atoms with Crippen molar-refractivity contribution >= 4 is 23.5 Å². The highest BCUT2D eigenvalue weighted by Gasteiger charge is 2.27. The number of ketones is 1. The van der Waals surface area contributed by atoms with E-state index in [-0.39, 0.29) is 48.2 Å². The highest BCUT2D eigenvalue weighted by atomic mass is 16.5. The molecule has 16 nitrogen and oxygen atoms in total. The number of furan rings is 3. The summed E-state index contributed by atoms with van der Waals surface area (Å²) >= 11 is 0. The zero-order chi connectivity index (χ0) is 43.7. The molecule has 0 unspecified atom stereocenters. The van der Waals surface area contributed by atoms with Crippen molar-refractivity contribution < 1.29 is 32.7 Å². The highest BCUT2D eigenvalue weighted by Crippen LogP contribution is 2.43. The lowest BCUT2D eigenvalue weighted by Crippen LogP contribution is -2.10. The van der Waals surface area contributed by atoms with Gasteiger partial charge in [0.15, 0.2) is 12.0 Å². The van der Waals surface area contributed by atoms with Crippen molar-refractivity contribution in [3.05, 3.63) is 166 Å². The number of nitrogen functional groups attached to an aromatic ring is 1. The van der Waals surface area contributed by atoms with Crippen LogP contribution < -0.4 is 10.5 Å². The molecule has 7 rings (SSSR count). The molecule has 0 atom stereocenters. The van der Waals surface area contributed by atoms with Crippen molar-refractivity contribution in [3.63, 3.8) is 0 Å². The fourth-order valence-corrected chi connectivity index (χ4v) is 4.91. The number of aromatic nitrogens is 1. The summed E-state index contributed by atoms with van der Waals surface area (Å²) in [7, 11) is 0. The van der Waals surface area contributed by atoms with E-state index in [1.54, 1.807) is 79.1 Å². The van der Waals surface area contributed by atoms with E-state index >= 15 is 0 Å². The topological polar surface area (TPSA) is 270 Å². The van der Waals surface area contributed by atoms with Gasteiger partial charge in [-0.3, -0.25) is 9.59 Å². The summed E-state index contributed by atoms with van der Waals surface area (Å²) in [5, 5.41) is 51.2. The molecule has 292 valence electrons. The van der Waals surface area contributed by atoms with E-state index in [0.717, 1.165) is 16.9 Å². The number of hydrogen-bond donors (Lipinski definition) is 2. The third-order valence-corrected chi connectivity index (χ3v) is 7.54. The summed E-state index contributed by atoms with van der Waals surface area (Å²) in [6.45, 7) is 12.8. The average Bonchev–Trinajstić information content (AvgIpc) is 4.10. The maximum absolute atomic E-state index is 10.8. The number of fused-ring (bicyclic) bond motifs is 2. The zero-order valence-corrected chi connectivity index (χ0v) is 31.3. The molecule has 60 heavy (non-hydrogen) atoms. The van der Waals surface area contributed by atoms with Crippen molar-refractivity contribution in [2.45, 2.75) is 19.3 Å². The molecule has 0 fully saturated rings. The maximum atomic E-state index is 10.8. The smallest absolute Gasteiger partial charge is 0.298 e. The van der Waals surface area contributed by atoms with Crippen LogP contribution in [0.3, 0.4) is 0 Å². The van der Waals surface area contributed by atoms with Crippen LogP contribution in [0.5, 0.6) is 17.4 Å². The Morgan fingerprint density at radius 2 is 1.48 bits per heavy atom. The summed E-state index contributed by atoms with van der Waals surface area (Å²) in [6, 6.07) is 33.3. The third-order valence-electron chi connectivity index (χ3n) is 7.54. The SMILES string of the molecule is N#CCC(=O)c1ccco1.N#Cc1c(N)nc2c(c1-c1ccco1)Cc1ccccc1O2.O=Cc1ccccc1O.[C-]#[N+]/C(C#N)=C(/CC#N)c1ccco1.[C-]#[N+]CC#N. The number of aldehydes is 1. The third kappa shape index (κ3) is 12.4. The van der Waals surface area contributed by atoms with Gasteiger partial charge >= 0.3 is 0 Å². The van der Waals surface area contributed by atoms with E-state index in [4.69, 9.17) is 63.0 Å². The Bertz CT molecular complexity index is 2700. The first kappa shape index (κ1) is 44.7. The van der Waals surface area contributed by atoms with E-state index in [1.807, 2.05) is 30.3 Å². The molecule has 0 aliphatic carbocycles. The normalized spacial score (nSPS) is 10.0. The number of Topliss-reactive ketones (excluding diaryl/α,β-unsaturated/α-hetero) is 1. The van der Waals surface area contributed by atoms with Crippen molar-refractivity contribution in [1.29, 1.82) is 26.3 Å². The molecule has 0 radical (unpaired) electrons. The molecule has 0 bridgehead atoms. The summed E-state index contributed by atoms with van der Waals surface area (Å²) in [4.78, 5) is 30.9. The Morgan fingerprint density at radius 1 is 0.833 bits per heavy atom. The number of pyridine rings is 1. The number of nitrogens with zero attached hydrogens (tertiary/aromatic N) is 8. The van der Waals surface area contributed by atoms with E-state index in [9.17, 15) is 14.9 Å². The Morgan fingerprint density at radius 3 is 2.00 bits per heavy atom. The number of carbonyl (C=O) groups excluding carboxylic acids is 2. The first-order valence-corrected chi connectivity index (χ1v) is 17.0. The summed E-state index contributed by atoms with van der Waals surface area (Å²) < 4.78 is 21.1. The minimum absolute atomic E-state index is 0.00120. The Balaban J connectivity index is 0.000000219. The second-order valence-electron chi connectivity index (χ2n) is 11.3. The van der Waals surface area contributed by atoms with Crippen LogP contribution in [0.2, 0.25) is 0 Å². The quantitative estimate of drug-likeness (QED) is 0.0523. The first-order chi connectivity index (χ1) is 29.2. The number of nitrogens with two attached hydrogens (primary N) is 1. The number of nitriles is 5. The van der Waals surface area contributed by atoms with Gasteiger partial charge < -0.3 is 33.7 Å². The van der Waals surface area contributed by atoms with Crippen LogP contribution >= 0.6 is 0 Å². The fraction of sp³-hybridized carbons (Fsp3) is 0.0909. The average molecular weight is 796 g/mol. The largest absolute Gasteiger partial charge is 0.507 e. The van der Waals surface area contributed by atoms with Crippen LogP contribution in [0.4, 0.5) is 5.82 Å². The molecule has 0 spiro atoms. The standard InChI is InChI=1S/C17H11N3O2.C10H5N3O.C7H5NO2.C7H6O2.C3H2N2/c18-9-12-15(14-6-3-7-21-14)11-8-10-4-1-2-5-13(10)22-17(11)20-16(12)19;1-13-9(7-12)8(4-5-11)10-3-2-6-14-10;8-4-3-6(9)7-2-1-5-10-7;8-5-6-3-1-2-4-7(6)9;1-5-3-2-4/h1-7H,8H2,(H2,19,20);2-3,6H,4H2;1-2,5H,3H2;1-5,9H;3H2/b;9-8-;;;. The van der Waals surface area contributed by atoms with Crippen LogP contribution in [0.15, 0.2) is 123 Å². The van der Waals surface area contributed by atoms with Gasteiger partial charge in [-0.05, 0) is 60.2 Å². The molecular weight excluding hydrogens is 767 g/mol. The van der Waals surface area contributed by atoms with Gasteiger partial charge in [-0.15, -0.1) is 0 Å². The number of anilines is 1. The summed E-state index contributed by atoms with van der Waals surface area (Å²) in [5.74, 6) is 2.34. The predicted molar refractivity (Wildman–Crippen MR) is 212 cm³/mol. The van der Waals surface area contributed by atoms with Crippen molar-refractivity contribution in [2.24, 2.45) is 0 Å². The molecular formula is C44H29N9O7. The Hall–Kier alpha value is -9.66. The second-order valence-corrected chi connectivity index (χ2v) is 11.3. The van der Waals surface area contributed by atoms with Gasteiger partial charge in [0.25, 0.3) is 12.2 Å². The fourth-order valence-electron chi connectivity index (χ4n) is 4.91. The second kappa shape index (κ2) is 24.0. The van der Waals surface area contributed by atoms with Crippen LogP contribution in [-0.2, 0) is 6.42 Å². The molecule has 0 saturated carbocycles. The van der Waals surface area contributed by atoms with Gasteiger partial charge in [0.2, 0.25) is 11.7 Å². The van der Waals surface area contributed by atoms with Crippen molar-refractivity contribution in [2.75, 3.05) is 12.3 Å². The highest BCUT2D eigenvalue weighted by molar-refractivity contribution is 5.94. The summed E-state index contributed by atoms with van der Waals surface area (Å²) in [5.41, 5.74) is 9.34. The van der Waals surface area contributed by atoms with Gasteiger partial charge in [0.05, 0.1) is 55.6 Å². The number of rotatable bonds is 6. The van der Waals surface area contributed by atoms with Crippen LogP contribution in [-0.4, -0.2) is 28.7 Å². The number of phenolic OH excluding ortho intramolecular Hbond substituents is 1. The van der Waals surface area contributed by atoms with Crippen molar-refractivity contribution in [3.8, 4) is 59.0 Å². The minimum atomic E-state index is -0.271. The van der Waals surface area contributed by atoms with Crippen molar-refractivity contribution in [1.82, 2.24) is 4.98 Å². The maximum Gasteiger partial charge on any atom is 0.298 e. The molecule has 1 aliphatic rings. The number of carbonyl (C=O) groups is 2. The van der Waals surface area contributed by atoms with Gasteiger partial charge in [0.1, 0.15) is 53.0 Å². The molecule has 16 heteroatoms. The Kier molecular flexibility index (Phi) is 17.9. The van der Waals surface area contributed by atoms with E-state index < -0.39 is 0 Å². The predicted octanol–water partition coefficient (Wildman–Crippen LogP) is 8.85. The molecule has 4 aromatic heterocycles. The number of aromatic hydroxyl groups is 1. The van der Waals surface area contributed by atoms with E-state index in [0.29, 0.717) is 52.4 Å².